The van der Waals surface area contributed by atoms with Crippen molar-refractivity contribution in [2.45, 2.75) is 89.7 Å². The molecule has 11 heteroatoms. The minimum absolute atomic E-state index is 0.00512. The molecule has 0 aromatic rings. The Hall–Kier alpha value is -2.76. The van der Waals surface area contributed by atoms with Gasteiger partial charge in [-0.05, 0) is 25.8 Å². The number of aliphatic hydroxyl groups excluding tert-OH is 1. The monoisotopic (exact) mass is 522 g/mol. The van der Waals surface area contributed by atoms with Crippen LogP contribution < -0.4 is 0 Å². The summed E-state index contributed by atoms with van der Waals surface area (Å²) >= 11 is 0. The fourth-order valence-electron chi connectivity index (χ4n) is 6.74. The molecule has 0 aromatic carbocycles. The van der Waals surface area contributed by atoms with Crippen LogP contribution >= 0.6 is 0 Å². The van der Waals surface area contributed by atoms with Gasteiger partial charge in [0, 0.05) is 38.7 Å². The van der Waals surface area contributed by atoms with E-state index in [9.17, 15) is 29.4 Å². The third-order valence-electron chi connectivity index (χ3n) is 8.43. The Morgan fingerprint density at radius 2 is 1.70 bits per heavy atom. The molecule has 0 radical (unpaired) electrons. The second-order valence-electron chi connectivity index (χ2n) is 10.6. The van der Waals surface area contributed by atoms with E-state index in [2.05, 4.69) is 6.58 Å². The molecule has 0 amide bonds. The lowest BCUT2D eigenvalue weighted by molar-refractivity contribution is -0.336. The highest BCUT2D eigenvalue weighted by Gasteiger charge is 2.73. The van der Waals surface area contributed by atoms with Gasteiger partial charge in [-0.3, -0.25) is 19.2 Å². The summed E-state index contributed by atoms with van der Waals surface area (Å²) < 4.78 is 29.4. The fraction of sp³-hybridized carbons (Fsp3) is 0.692. The van der Waals surface area contributed by atoms with Crippen LogP contribution in [0.5, 0.6) is 0 Å². The first kappa shape index (κ1) is 27.3. The minimum Gasteiger partial charge on any atom is -0.462 e. The van der Waals surface area contributed by atoms with Crippen LogP contribution in [-0.4, -0.2) is 76.5 Å². The van der Waals surface area contributed by atoms with Crippen molar-refractivity contribution in [3.63, 3.8) is 0 Å². The lowest BCUT2D eigenvalue weighted by atomic mass is 9.53. The molecule has 4 aliphatic rings. The highest BCUT2D eigenvalue weighted by Crippen LogP contribution is 2.61. The van der Waals surface area contributed by atoms with Crippen molar-refractivity contribution >= 4 is 23.9 Å². The largest absolute Gasteiger partial charge is 0.462 e. The van der Waals surface area contributed by atoms with E-state index >= 15 is 0 Å². The Balaban J connectivity index is 2.06. The number of ether oxygens (including phenoxy) is 5. The molecule has 4 rings (SSSR count). The maximum Gasteiger partial charge on any atom is 0.312 e. The van der Waals surface area contributed by atoms with Gasteiger partial charge < -0.3 is 33.9 Å². The molecule has 3 fully saturated rings. The summed E-state index contributed by atoms with van der Waals surface area (Å²) in [6.45, 7) is 10.5. The van der Waals surface area contributed by atoms with Crippen LogP contribution in [0.2, 0.25) is 0 Å². The van der Waals surface area contributed by atoms with E-state index in [1.807, 2.05) is 0 Å². The van der Waals surface area contributed by atoms with Gasteiger partial charge in [0.2, 0.25) is 0 Å². The summed E-state index contributed by atoms with van der Waals surface area (Å²) in [6, 6.07) is 0. The number of carbonyl (C=O) groups is 4. The Labute approximate surface area is 214 Å². The number of aliphatic hydroxyl groups is 2. The maximum atomic E-state index is 12.9. The van der Waals surface area contributed by atoms with E-state index in [0.717, 1.165) is 0 Å². The van der Waals surface area contributed by atoms with Crippen molar-refractivity contribution in [1.29, 1.82) is 0 Å². The molecular formula is C26H34O11. The maximum absolute atomic E-state index is 12.9. The number of rotatable bonds is 4. The highest BCUT2D eigenvalue weighted by atomic mass is 16.7. The van der Waals surface area contributed by atoms with E-state index in [1.54, 1.807) is 13.8 Å². The van der Waals surface area contributed by atoms with Crippen LogP contribution in [-0.2, 0) is 42.9 Å². The van der Waals surface area contributed by atoms with E-state index in [0.29, 0.717) is 18.4 Å². The third-order valence-corrected chi connectivity index (χ3v) is 8.43. The van der Waals surface area contributed by atoms with Gasteiger partial charge in [0.1, 0.15) is 18.3 Å². The molecule has 0 aromatic heterocycles. The van der Waals surface area contributed by atoms with Gasteiger partial charge in [-0.25, -0.2) is 0 Å². The summed E-state index contributed by atoms with van der Waals surface area (Å²) in [7, 11) is 0. The predicted octanol–water partition coefficient (Wildman–Crippen LogP) is 1.10. The lowest BCUT2D eigenvalue weighted by Crippen LogP contribution is -2.72. The summed E-state index contributed by atoms with van der Waals surface area (Å²) in [6.07, 6.45) is -2.60. The zero-order chi connectivity index (χ0) is 27.5. The SMILES string of the molecule is C=C1CCC(OC(C)=O)C2(C)C(OC(C)=O)CC3(O)OC4(C(C=C3CO)OC(=O)C4C)C(OC(C)=O)C12. The van der Waals surface area contributed by atoms with E-state index in [1.165, 1.54) is 26.8 Å². The van der Waals surface area contributed by atoms with Gasteiger partial charge in [0.05, 0.1) is 17.9 Å². The quantitative estimate of drug-likeness (QED) is 0.310. The number of carbonyl (C=O) groups excluding carboxylic acids is 4. The first-order valence-corrected chi connectivity index (χ1v) is 12.3. The molecule has 2 N–H and O–H groups in total. The molecule has 2 bridgehead atoms. The number of hydrogen-bond donors (Lipinski definition) is 2. The van der Waals surface area contributed by atoms with E-state index in [4.69, 9.17) is 23.7 Å². The Morgan fingerprint density at radius 3 is 2.27 bits per heavy atom. The average Bonchev–Trinajstić information content (AvgIpc) is 3.02. The van der Waals surface area contributed by atoms with Crippen LogP contribution in [0.25, 0.3) is 0 Å². The summed E-state index contributed by atoms with van der Waals surface area (Å²) in [5.74, 6) is -6.66. The van der Waals surface area contributed by atoms with Crippen molar-refractivity contribution in [3.8, 4) is 0 Å². The first-order chi connectivity index (χ1) is 17.2. The zero-order valence-corrected chi connectivity index (χ0v) is 21.6. The van der Waals surface area contributed by atoms with E-state index < -0.39 is 83.5 Å². The smallest absolute Gasteiger partial charge is 0.312 e. The second kappa shape index (κ2) is 9.21. The van der Waals surface area contributed by atoms with Crippen molar-refractivity contribution in [2.75, 3.05) is 6.61 Å². The molecule has 1 aliphatic carbocycles. The molecular weight excluding hydrogens is 488 g/mol. The van der Waals surface area contributed by atoms with Gasteiger partial charge in [0.25, 0.3) is 0 Å². The highest BCUT2D eigenvalue weighted by molar-refractivity contribution is 5.78. The van der Waals surface area contributed by atoms with Crippen molar-refractivity contribution in [3.05, 3.63) is 23.8 Å². The Morgan fingerprint density at radius 1 is 1.11 bits per heavy atom. The van der Waals surface area contributed by atoms with Crippen molar-refractivity contribution < 1.29 is 53.1 Å². The molecule has 1 spiro atoms. The third kappa shape index (κ3) is 4.07. The van der Waals surface area contributed by atoms with Crippen LogP contribution in [0.15, 0.2) is 23.8 Å². The van der Waals surface area contributed by atoms with Gasteiger partial charge in [-0.1, -0.05) is 19.1 Å². The molecule has 3 heterocycles. The van der Waals surface area contributed by atoms with Crippen LogP contribution in [0, 0.1) is 17.3 Å². The van der Waals surface area contributed by atoms with E-state index in [-0.39, 0.29) is 12.0 Å². The van der Waals surface area contributed by atoms with Crippen LogP contribution in [0.3, 0.4) is 0 Å². The standard InChI is InChI=1S/C26H34O11/c1-12-7-8-18(33-14(3)28)24(6)20(34-15(4)29)10-25(32)17(11-27)9-19-26(37-25,13(2)23(31)36-19)22(21(12)24)35-16(5)30/h9,13,18-22,27,32H,1,7-8,10-11H2,2-6H3. The summed E-state index contributed by atoms with van der Waals surface area (Å²) in [5, 5.41) is 22.1. The Kier molecular flexibility index (Phi) is 6.79. The second-order valence-corrected chi connectivity index (χ2v) is 10.6. The van der Waals surface area contributed by atoms with Gasteiger partial charge in [-0.15, -0.1) is 0 Å². The predicted molar refractivity (Wildman–Crippen MR) is 124 cm³/mol. The summed E-state index contributed by atoms with van der Waals surface area (Å²) in [4.78, 5) is 49.9. The molecule has 9 atom stereocenters. The number of fused-ring (bicyclic) bond motifs is 2. The zero-order valence-electron chi connectivity index (χ0n) is 21.6. The minimum atomic E-state index is -2.24. The van der Waals surface area contributed by atoms with Gasteiger partial charge in [-0.2, -0.15) is 0 Å². The van der Waals surface area contributed by atoms with Gasteiger partial charge in [0.15, 0.2) is 17.5 Å². The number of esters is 4. The van der Waals surface area contributed by atoms with Crippen LogP contribution in [0.1, 0.15) is 53.9 Å². The molecule has 204 valence electrons. The Bertz CT molecular complexity index is 1060. The first-order valence-electron chi connectivity index (χ1n) is 12.3. The summed E-state index contributed by atoms with van der Waals surface area (Å²) in [5.41, 5.74) is -2.40. The molecule has 37 heavy (non-hydrogen) atoms. The van der Waals surface area contributed by atoms with Crippen molar-refractivity contribution in [1.82, 2.24) is 0 Å². The molecule has 11 nitrogen and oxygen atoms in total. The topological polar surface area (TPSA) is 155 Å². The van der Waals surface area contributed by atoms with Gasteiger partial charge >= 0.3 is 23.9 Å². The molecule has 3 aliphatic heterocycles. The molecule has 2 saturated heterocycles. The molecule has 9 unspecified atom stereocenters. The normalized spacial score (nSPS) is 42.7. The fourth-order valence-corrected chi connectivity index (χ4v) is 6.74. The average molecular weight is 523 g/mol. The molecule has 1 saturated carbocycles. The van der Waals surface area contributed by atoms with Crippen LogP contribution in [0.4, 0.5) is 0 Å². The van der Waals surface area contributed by atoms with Crippen molar-refractivity contribution in [2.24, 2.45) is 17.3 Å². The number of hydrogen-bond acceptors (Lipinski definition) is 11. The lowest BCUT2D eigenvalue weighted by Gasteiger charge is -2.60.